The predicted octanol–water partition coefficient (Wildman–Crippen LogP) is 2.76. The fourth-order valence-corrected chi connectivity index (χ4v) is 11.3. The number of nitrogens with two attached hydrogens (primary N) is 1. The average Bonchev–Trinajstić information content (AvgIpc) is 0.995. The van der Waals surface area contributed by atoms with Crippen molar-refractivity contribution in [2.45, 2.75) is 241 Å². The molecular formula is C65H118N12O13. The van der Waals surface area contributed by atoms with Crippen LogP contribution in [-0.2, 0) is 57.5 Å². The van der Waals surface area contributed by atoms with Gasteiger partial charge in [0.1, 0.15) is 66.5 Å². The predicted molar refractivity (Wildman–Crippen MR) is 347 cm³/mol. The second kappa shape index (κ2) is 36.7. The van der Waals surface area contributed by atoms with Crippen LogP contribution in [0.3, 0.4) is 0 Å². The molecule has 11 amide bonds. The highest BCUT2D eigenvalue weighted by atomic mass is 16.5. The monoisotopic (exact) mass is 1270 g/mol. The summed E-state index contributed by atoms with van der Waals surface area (Å²) in [7, 11) is 11.3. The second-order valence-corrected chi connectivity index (χ2v) is 27.4. The third kappa shape index (κ3) is 22.3. The minimum Gasteiger partial charge on any atom is -0.390 e. The number of hydrogen-bond acceptors (Lipinski definition) is 14. The summed E-state index contributed by atoms with van der Waals surface area (Å²) in [6, 6.07) is -14.2. The lowest BCUT2D eigenvalue weighted by Gasteiger charge is -2.41. The second-order valence-electron chi connectivity index (χ2n) is 27.4. The van der Waals surface area contributed by atoms with Gasteiger partial charge in [0.25, 0.3) is 0 Å². The number of methoxy groups -OCH3 is 1. The van der Waals surface area contributed by atoms with Gasteiger partial charge in [-0.05, 0) is 115 Å². The number of allylic oxidation sites excluding steroid dienone is 2. The summed E-state index contributed by atoms with van der Waals surface area (Å²) in [5.74, 6) is -10.2. The molecule has 0 aromatic carbocycles. The Labute approximate surface area is 538 Å². The first-order valence-corrected chi connectivity index (χ1v) is 32.2. The molecule has 90 heavy (non-hydrogen) atoms. The van der Waals surface area contributed by atoms with Crippen LogP contribution in [0.25, 0.3) is 0 Å². The van der Waals surface area contributed by atoms with Crippen LogP contribution in [0.2, 0.25) is 0 Å². The first-order chi connectivity index (χ1) is 41.5. The lowest BCUT2D eigenvalue weighted by atomic mass is 9.91. The van der Waals surface area contributed by atoms with Gasteiger partial charge in [0.15, 0.2) is 0 Å². The molecular weight excluding hydrogens is 1160 g/mol. The van der Waals surface area contributed by atoms with Crippen molar-refractivity contribution in [1.29, 1.82) is 0 Å². The maximum Gasteiger partial charge on any atom is 0.246 e. The summed E-state index contributed by atoms with van der Waals surface area (Å²) in [4.78, 5) is 171. The van der Waals surface area contributed by atoms with E-state index in [-0.39, 0.29) is 69.2 Å². The fraction of sp³-hybridized carbons (Fsp3) is 0.800. The smallest absolute Gasteiger partial charge is 0.246 e. The van der Waals surface area contributed by atoms with E-state index in [0.717, 1.165) is 9.80 Å². The molecule has 7 N–H and O–H groups in total. The van der Waals surface area contributed by atoms with Crippen LogP contribution < -0.4 is 27.0 Å². The van der Waals surface area contributed by atoms with Crippen molar-refractivity contribution < 1.29 is 62.6 Å². The van der Waals surface area contributed by atoms with Gasteiger partial charge in [0.05, 0.1) is 11.7 Å². The molecule has 25 nitrogen and oxygen atoms in total. The van der Waals surface area contributed by atoms with Gasteiger partial charge in [-0.1, -0.05) is 95.2 Å². The Balaban J connectivity index is 4.51. The molecule has 1 fully saturated rings. The number of likely N-dealkylation sites (N-methyl/N-ethyl adjacent to an activating group) is 7. The zero-order chi connectivity index (χ0) is 69.9. The van der Waals surface area contributed by atoms with Gasteiger partial charge in [-0.3, -0.25) is 52.7 Å². The van der Waals surface area contributed by atoms with Crippen molar-refractivity contribution in [3.63, 3.8) is 0 Å². The van der Waals surface area contributed by atoms with Gasteiger partial charge < -0.3 is 71.1 Å². The maximum atomic E-state index is 15.3. The summed E-state index contributed by atoms with van der Waals surface area (Å²) < 4.78 is 5.76. The van der Waals surface area contributed by atoms with Crippen LogP contribution in [0.5, 0.6) is 0 Å². The molecule has 0 aromatic rings. The Hall–Kier alpha value is -6.21. The van der Waals surface area contributed by atoms with Crippen molar-refractivity contribution in [1.82, 2.24) is 55.6 Å². The van der Waals surface area contributed by atoms with E-state index in [0.29, 0.717) is 0 Å². The van der Waals surface area contributed by atoms with Gasteiger partial charge >= 0.3 is 0 Å². The van der Waals surface area contributed by atoms with Crippen LogP contribution in [0.4, 0.5) is 0 Å². The topological polar surface area (TPSA) is 314 Å². The number of aliphatic hydroxyl groups excluding tert-OH is 1. The number of amides is 11. The van der Waals surface area contributed by atoms with Gasteiger partial charge in [0, 0.05) is 62.9 Å². The van der Waals surface area contributed by atoms with E-state index in [1.54, 1.807) is 74.5 Å². The van der Waals surface area contributed by atoms with E-state index in [1.807, 2.05) is 41.5 Å². The number of nitrogens with one attached hydrogen (secondary N) is 4. The molecule has 1 aliphatic rings. The molecule has 13 atom stereocenters. The van der Waals surface area contributed by atoms with Gasteiger partial charge in [0.2, 0.25) is 65.0 Å². The van der Waals surface area contributed by atoms with Crippen LogP contribution in [0.15, 0.2) is 12.2 Å². The molecule has 0 aromatic heterocycles. The Morgan fingerprint density at radius 1 is 0.511 bits per heavy atom. The molecule has 1 rings (SSSR count). The van der Waals surface area contributed by atoms with Crippen molar-refractivity contribution in [2.24, 2.45) is 41.2 Å². The number of ether oxygens (including phenoxy) is 1. The number of rotatable bonds is 18. The lowest BCUT2D eigenvalue weighted by molar-refractivity contribution is -0.157. The van der Waals surface area contributed by atoms with Gasteiger partial charge in [-0.25, -0.2) is 0 Å². The van der Waals surface area contributed by atoms with Crippen LogP contribution in [0.1, 0.15) is 163 Å². The molecule has 0 spiro atoms. The largest absolute Gasteiger partial charge is 0.390 e. The van der Waals surface area contributed by atoms with Crippen LogP contribution in [-0.4, -0.2) is 246 Å². The summed E-state index contributed by atoms with van der Waals surface area (Å²) in [6.07, 6.45) is 2.49. The maximum absolute atomic E-state index is 15.3. The average molecular weight is 1280 g/mol. The quantitative estimate of drug-likeness (QED) is 0.108. The highest BCUT2D eigenvalue weighted by molar-refractivity contribution is 6.00. The van der Waals surface area contributed by atoms with E-state index in [2.05, 4.69) is 21.3 Å². The minimum absolute atomic E-state index is 0.0287. The fourth-order valence-electron chi connectivity index (χ4n) is 11.3. The number of aliphatic hydroxyl groups is 1. The molecule has 516 valence electrons. The van der Waals surface area contributed by atoms with E-state index < -0.39 is 161 Å². The van der Waals surface area contributed by atoms with Gasteiger partial charge in [-0.15, -0.1) is 0 Å². The highest BCUT2D eigenvalue weighted by Gasteiger charge is 2.47. The van der Waals surface area contributed by atoms with E-state index >= 15 is 24.0 Å². The molecule has 0 saturated carbocycles. The standard InChI is InChI=1S/C65H118N12O13/c1-26-28-29-41(13)53(78)52-57(82)69-44(27-2)59(84)71(18)45(30-31-66)60(85)75(22)49(35-65(16,17)90-25)56(81)70-50(39(9)10)63(88)72(19)46(32-36(3)4)55(80)67-42(14)54(79)68-43(15)58(83)73(20)47(33-37(5)6)61(86)74(21)48(34-38(7)8)62(87)76(23)51(40(11)12)64(89)77(52)24/h26,28,36-53,78H,27,29-35,66H2,1-25H3,(H,67,80)(H,68,79)(H,69,82)(H,70,81)/b28-26+/t41-,42+,43-,44+,45?,46+,47+,48+,49+,50+,51+,52+,53-/m1/s1. The number of carbonyl (C=O) groups excluding carboxylic acids is 11. The number of hydrogen-bond donors (Lipinski definition) is 6. The van der Waals surface area contributed by atoms with Crippen molar-refractivity contribution in [3.05, 3.63) is 12.2 Å². The minimum atomic E-state index is -1.65. The highest BCUT2D eigenvalue weighted by Crippen LogP contribution is 2.27. The molecule has 0 radical (unpaired) electrons. The van der Waals surface area contributed by atoms with E-state index in [1.165, 1.54) is 94.8 Å². The molecule has 25 heteroatoms. The Kier molecular flexibility index (Phi) is 33.4. The lowest BCUT2D eigenvalue weighted by Crippen LogP contribution is -2.64. The third-order valence-corrected chi connectivity index (χ3v) is 17.4. The molecule has 1 saturated heterocycles. The normalized spacial score (nSPS) is 27.0. The Morgan fingerprint density at radius 2 is 0.933 bits per heavy atom. The van der Waals surface area contributed by atoms with Gasteiger partial charge in [-0.2, -0.15) is 0 Å². The Morgan fingerprint density at radius 3 is 1.39 bits per heavy atom. The molecule has 1 aliphatic heterocycles. The van der Waals surface area contributed by atoms with E-state index in [4.69, 9.17) is 10.5 Å². The van der Waals surface area contributed by atoms with Crippen molar-refractivity contribution in [2.75, 3.05) is 63.0 Å². The zero-order valence-corrected chi connectivity index (χ0v) is 59.3. The molecule has 0 bridgehead atoms. The van der Waals surface area contributed by atoms with Crippen molar-refractivity contribution in [3.8, 4) is 0 Å². The summed E-state index contributed by atoms with van der Waals surface area (Å²) in [6.45, 7) is 29.3. The molecule has 1 unspecified atom stereocenters. The number of nitrogens with zero attached hydrogens (tertiary/aromatic N) is 7. The Bertz CT molecular complexity index is 2470. The summed E-state index contributed by atoms with van der Waals surface area (Å²) >= 11 is 0. The van der Waals surface area contributed by atoms with Crippen LogP contribution in [0, 0.1) is 35.5 Å². The van der Waals surface area contributed by atoms with Crippen molar-refractivity contribution >= 4 is 65.0 Å². The number of carbonyl (C=O) groups is 11. The molecule has 1 heterocycles. The SMILES string of the molecule is C/C=C/C[C@@H](C)[C@@H](O)[C@H]1C(=O)N[C@@H](CC)C(=O)N(C)C(CCN)C(=O)N(C)[C@@H](CC(C)(C)OC)C(=O)N[C@@H](C(C)C)C(=O)N(C)[C@@H](CC(C)C)C(=O)N[C@@H](C)C(=O)N[C@H](C)C(=O)N(C)[C@@H](CC(C)C)C(=O)N(C)[C@@H](CC(C)C)C(=O)N(C)[C@@H](C(C)C)C(=O)N1C. The van der Waals surface area contributed by atoms with E-state index in [9.17, 15) is 33.9 Å². The summed E-state index contributed by atoms with van der Waals surface area (Å²) in [5, 5.41) is 23.2. The first-order valence-electron chi connectivity index (χ1n) is 32.2. The molecule has 0 aliphatic carbocycles. The van der Waals surface area contributed by atoms with Crippen LogP contribution >= 0.6 is 0 Å². The summed E-state index contributed by atoms with van der Waals surface area (Å²) in [5.41, 5.74) is 5.10. The zero-order valence-electron chi connectivity index (χ0n) is 59.3. The third-order valence-electron chi connectivity index (χ3n) is 17.4. The first kappa shape index (κ1) is 81.8.